The number of benzene rings is 1. The largest absolute Gasteiger partial charge is 0.346 e. The molecule has 18 heavy (non-hydrogen) atoms. The van der Waals surface area contributed by atoms with Crippen molar-refractivity contribution >= 4 is 27.6 Å². The summed E-state index contributed by atoms with van der Waals surface area (Å²) in [7, 11) is 0. The minimum atomic E-state index is -0.482. The zero-order valence-corrected chi connectivity index (χ0v) is 11.7. The van der Waals surface area contributed by atoms with Gasteiger partial charge in [0.05, 0.1) is 0 Å². The average molecular weight is 310 g/mol. The molecular formula is C14H16BrNO2. The Morgan fingerprint density at radius 2 is 1.67 bits per heavy atom. The molecule has 1 fully saturated rings. The number of nitrogens with one attached hydrogen (secondary N) is 1. The van der Waals surface area contributed by atoms with Gasteiger partial charge in [0.1, 0.15) is 0 Å². The highest BCUT2D eigenvalue weighted by Crippen LogP contribution is 2.17. The predicted molar refractivity (Wildman–Crippen MR) is 73.5 cm³/mol. The summed E-state index contributed by atoms with van der Waals surface area (Å²) in [5.41, 5.74) is 0.437. The van der Waals surface area contributed by atoms with Gasteiger partial charge in [0, 0.05) is 16.1 Å². The molecule has 0 atom stereocenters. The van der Waals surface area contributed by atoms with Gasteiger partial charge >= 0.3 is 0 Å². The quantitative estimate of drug-likeness (QED) is 0.689. The first-order valence-corrected chi connectivity index (χ1v) is 7.07. The van der Waals surface area contributed by atoms with Crippen molar-refractivity contribution in [3.63, 3.8) is 0 Å². The molecule has 1 aromatic carbocycles. The fourth-order valence-corrected chi connectivity index (χ4v) is 2.49. The number of hydrogen-bond donors (Lipinski definition) is 1. The molecule has 1 amide bonds. The second-order valence-corrected chi connectivity index (χ2v) is 5.56. The summed E-state index contributed by atoms with van der Waals surface area (Å²) in [5, 5.41) is 2.83. The summed E-state index contributed by atoms with van der Waals surface area (Å²) < 4.78 is 0.895. The molecular weight excluding hydrogens is 294 g/mol. The van der Waals surface area contributed by atoms with Crippen molar-refractivity contribution in [1.82, 2.24) is 5.32 Å². The van der Waals surface area contributed by atoms with Crippen LogP contribution in [0.3, 0.4) is 0 Å². The number of amides is 1. The Hall–Kier alpha value is -1.16. The molecule has 0 radical (unpaired) electrons. The summed E-state index contributed by atoms with van der Waals surface area (Å²) in [6.07, 6.45) is 5.47. The summed E-state index contributed by atoms with van der Waals surface area (Å²) >= 11 is 3.30. The van der Waals surface area contributed by atoms with Crippen molar-refractivity contribution in [3.8, 4) is 0 Å². The summed E-state index contributed by atoms with van der Waals surface area (Å²) in [6, 6.07) is 7.02. The molecule has 0 bridgehead atoms. The molecule has 1 aliphatic rings. The Morgan fingerprint density at radius 3 is 2.28 bits per heavy atom. The maximum absolute atomic E-state index is 11.9. The van der Waals surface area contributed by atoms with Crippen LogP contribution in [-0.2, 0) is 4.79 Å². The first-order valence-electron chi connectivity index (χ1n) is 6.27. The third-order valence-electron chi connectivity index (χ3n) is 3.25. The van der Waals surface area contributed by atoms with E-state index in [1.54, 1.807) is 24.3 Å². The summed E-state index contributed by atoms with van der Waals surface area (Å²) in [6.45, 7) is 0. The van der Waals surface area contributed by atoms with Crippen molar-refractivity contribution in [2.45, 2.75) is 38.1 Å². The maximum atomic E-state index is 11.9. The molecule has 2 rings (SSSR count). The first kappa shape index (κ1) is 13.3. The smallest absolute Gasteiger partial charge is 0.292 e. The van der Waals surface area contributed by atoms with Crippen LogP contribution in [-0.4, -0.2) is 17.7 Å². The molecule has 0 unspecified atom stereocenters. The van der Waals surface area contributed by atoms with Crippen LogP contribution in [0.4, 0.5) is 0 Å². The zero-order chi connectivity index (χ0) is 13.0. The van der Waals surface area contributed by atoms with Gasteiger partial charge in [0.25, 0.3) is 5.91 Å². The van der Waals surface area contributed by atoms with E-state index >= 15 is 0 Å². The van der Waals surface area contributed by atoms with E-state index in [4.69, 9.17) is 0 Å². The van der Waals surface area contributed by atoms with Gasteiger partial charge in [-0.25, -0.2) is 0 Å². The second-order valence-electron chi connectivity index (χ2n) is 4.64. The van der Waals surface area contributed by atoms with Crippen LogP contribution >= 0.6 is 15.9 Å². The first-order chi connectivity index (χ1) is 8.66. The topological polar surface area (TPSA) is 46.2 Å². The highest BCUT2D eigenvalue weighted by atomic mass is 79.9. The van der Waals surface area contributed by atoms with E-state index in [0.29, 0.717) is 5.56 Å². The lowest BCUT2D eigenvalue weighted by Crippen LogP contribution is -2.40. The molecule has 0 heterocycles. The van der Waals surface area contributed by atoms with E-state index in [1.807, 2.05) is 0 Å². The van der Waals surface area contributed by atoms with E-state index in [-0.39, 0.29) is 6.04 Å². The van der Waals surface area contributed by atoms with Crippen molar-refractivity contribution < 1.29 is 9.59 Å². The van der Waals surface area contributed by atoms with E-state index in [2.05, 4.69) is 21.2 Å². The fraction of sp³-hybridized carbons (Fsp3) is 0.429. The third-order valence-corrected chi connectivity index (χ3v) is 3.78. The number of ketones is 1. The van der Waals surface area contributed by atoms with Gasteiger partial charge < -0.3 is 5.32 Å². The number of carbonyl (C=O) groups excluding carboxylic acids is 2. The van der Waals surface area contributed by atoms with E-state index in [9.17, 15) is 9.59 Å². The van der Waals surface area contributed by atoms with Gasteiger partial charge in [0.2, 0.25) is 5.78 Å². The van der Waals surface area contributed by atoms with Gasteiger partial charge in [-0.3, -0.25) is 9.59 Å². The van der Waals surface area contributed by atoms with Crippen LogP contribution in [0.1, 0.15) is 42.5 Å². The van der Waals surface area contributed by atoms with Crippen molar-refractivity contribution in [1.29, 1.82) is 0 Å². The number of Topliss-reactive ketones (excluding diaryl/α,β-unsaturated/α-hetero) is 1. The lowest BCUT2D eigenvalue weighted by Gasteiger charge is -2.22. The molecule has 0 spiro atoms. The van der Waals surface area contributed by atoms with Crippen molar-refractivity contribution in [2.75, 3.05) is 0 Å². The minimum Gasteiger partial charge on any atom is -0.346 e. The molecule has 0 saturated heterocycles. The number of halogens is 1. The highest BCUT2D eigenvalue weighted by Gasteiger charge is 2.21. The van der Waals surface area contributed by atoms with Gasteiger partial charge in [-0.1, -0.05) is 35.2 Å². The summed E-state index contributed by atoms with van der Waals surface area (Å²) in [4.78, 5) is 23.7. The second kappa shape index (κ2) is 6.14. The fourth-order valence-electron chi connectivity index (χ4n) is 2.23. The van der Waals surface area contributed by atoms with Crippen LogP contribution in [0.15, 0.2) is 28.7 Å². The minimum absolute atomic E-state index is 0.172. The van der Waals surface area contributed by atoms with E-state index in [1.165, 1.54) is 6.42 Å². The molecule has 96 valence electrons. The molecule has 4 heteroatoms. The highest BCUT2D eigenvalue weighted by molar-refractivity contribution is 9.10. The van der Waals surface area contributed by atoms with Crippen LogP contribution in [0.2, 0.25) is 0 Å². The molecule has 1 aromatic rings. The van der Waals surface area contributed by atoms with Gasteiger partial charge in [-0.15, -0.1) is 0 Å². The molecule has 0 aromatic heterocycles. The Kier molecular flexibility index (Phi) is 4.53. The number of hydrogen-bond acceptors (Lipinski definition) is 2. The molecule has 0 aliphatic heterocycles. The maximum Gasteiger partial charge on any atom is 0.292 e. The van der Waals surface area contributed by atoms with E-state index < -0.39 is 11.7 Å². The Balaban J connectivity index is 1.95. The van der Waals surface area contributed by atoms with Crippen LogP contribution in [0, 0.1) is 0 Å². The predicted octanol–water partition coefficient (Wildman–Crippen LogP) is 3.08. The number of carbonyl (C=O) groups is 2. The van der Waals surface area contributed by atoms with Gasteiger partial charge in [-0.05, 0) is 37.1 Å². The number of rotatable bonds is 3. The molecule has 1 N–H and O–H groups in total. The monoisotopic (exact) mass is 309 g/mol. The standard InChI is InChI=1S/C14H16BrNO2/c15-11-8-6-10(7-9-11)13(17)14(18)16-12-4-2-1-3-5-12/h6-9,12H,1-5H2,(H,16,18). The molecule has 1 aliphatic carbocycles. The third kappa shape index (κ3) is 3.42. The van der Waals surface area contributed by atoms with Crippen LogP contribution < -0.4 is 5.32 Å². The Labute approximate surface area is 115 Å². The molecule has 3 nitrogen and oxygen atoms in total. The molecule has 1 saturated carbocycles. The summed E-state index contributed by atoms with van der Waals surface area (Å²) in [5.74, 6) is -0.933. The van der Waals surface area contributed by atoms with Crippen LogP contribution in [0.25, 0.3) is 0 Å². The van der Waals surface area contributed by atoms with Crippen LogP contribution in [0.5, 0.6) is 0 Å². The normalized spacial score (nSPS) is 16.3. The SMILES string of the molecule is O=C(NC1CCCCC1)C(=O)c1ccc(Br)cc1. The Morgan fingerprint density at radius 1 is 1.06 bits per heavy atom. The van der Waals surface area contributed by atoms with E-state index in [0.717, 1.165) is 30.2 Å². The van der Waals surface area contributed by atoms with Gasteiger partial charge in [0.15, 0.2) is 0 Å². The Bertz CT molecular complexity index is 436. The zero-order valence-electron chi connectivity index (χ0n) is 10.1. The lowest BCUT2D eigenvalue weighted by molar-refractivity contribution is -0.117. The van der Waals surface area contributed by atoms with Gasteiger partial charge in [-0.2, -0.15) is 0 Å². The van der Waals surface area contributed by atoms with Crippen molar-refractivity contribution in [2.24, 2.45) is 0 Å². The van der Waals surface area contributed by atoms with Crippen molar-refractivity contribution in [3.05, 3.63) is 34.3 Å². The average Bonchev–Trinajstić information content (AvgIpc) is 2.40. The lowest BCUT2D eigenvalue weighted by atomic mass is 9.95.